The summed E-state index contributed by atoms with van der Waals surface area (Å²) in [6, 6.07) is 21.5. The molecule has 8 heteroatoms. The SMILES string of the molecule is Cc1ccc(-n2c(SCC(=O)NCc3ccco3)nnc2-c2cc3ccccc3o2)cc1. The highest BCUT2D eigenvalue weighted by atomic mass is 32.2. The monoisotopic (exact) mass is 444 g/mol. The number of nitrogens with one attached hydrogen (secondary N) is 1. The Balaban J connectivity index is 1.43. The number of aromatic nitrogens is 3. The van der Waals surface area contributed by atoms with Crippen LogP contribution in [0.2, 0.25) is 0 Å². The van der Waals surface area contributed by atoms with Gasteiger partial charge in [-0.25, -0.2) is 0 Å². The van der Waals surface area contributed by atoms with Gasteiger partial charge in [0, 0.05) is 11.1 Å². The van der Waals surface area contributed by atoms with Crippen molar-refractivity contribution >= 4 is 28.6 Å². The third-order valence-corrected chi connectivity index (χ3v) is 5.87. The summed E-state index contributed by atoms with van der Waals surface area (Å²) < 4.78 is 13.2. The van der Waals surface area contributed by atoms with E-state index in [2.05, 4.69) is 15.5 Å². The normalized spacial score (nSPS) is 11.2. The van der Waals surface area contributed by atoms with E-state index in [0.717, 1.165) is 22.2 Å². The predicted octanol–water partition coefficient (Wildman–Crippen LogP) is 4.99. The smallest absolute Gasteiger partial charge is 0.230 e. The van der Waals surface area contributed by atoms with Crippen molar-refractivity contribution in [3.63, 3.8) is 0 Å². The molecular formula is C24H20N4O3S. The molecule has 0 saturated heterocycles. The molecule has 0 atom stereocenters. The molecule has 0 aliphatic carbocycles. The molecule has 0 fully saturated rings. The second-order valence-electron chi connectivity index (χ2n) is 7.27. The highest BCUT2D eigenvalue weighted by Crippen LogP contribution is 2.31. The molecule has 1 amide bonds. The minimum Gasteiger partial charge on any atom is -0.467 e. The molecule has 7 nitrogen and oxygen atoms in total. The van der Waals surface area contributed by atoms with Crippen molar-refractivity contribution in [1.82, 2.24) is 20.1 Å². The predicted molar refractivity (Wildman–Crippen MR) is 123 cm³/mol. The van der Waals surface area contributed by atoms with Crippen molar-refractivity contribution in [2.45, 2.75) is 18.6 Å². The van der Waals surface area contributed by atoms with Gasteiger partial charge in [0.05, 0.1) is 18.6 Å². The average molecular weight is 445 g/mol. The second-order valence-corrected chi connectivity index (χ2v) is 8.21. The van der Waals surface area contributed by atoms with Crippen molar-refractivity contribution in [3.8, 4) is 17.3 Å². The first-order chi connectivity index (χ1) is 15.7. The van der Waals surface area contributed by atoms with Crippen LogP contribution in [0.3, 0.4) is 0 Å². The van der Waals surface area contributed by atoms with E-state index in [4.69, 9.17) is 8.83 Å². The molecule has 5 rings (SSSR count). The van der Waals surface area contributed by atoms with Crippen LogP contribution in [-0.4, -0.2) is 26.4 Å². The topological polar surface area (TPSA) is 86.1 Å². The first-order valence-electron chi connectivity index (χ1n) is 10.1. The molecule has 0 radical (unpaired) electrons. The zero-order valence-corrected chi connectivity index (χ0v) is 18.1. The van der Waals surface area contributed by atoms with Gasteiger partial charge < -0.3 is 14.2 Å². The quantitative estimate of drug-likeness (QED) is 0.356. The summed E-state index contributed by atoms with van der Waals surface area (Å²) in [6.45, 7) is 2.39. The van der Waals surface area contributed by atoms with E-state index in [1.165, 1.54) is 11.8 Å². The molecule has 0 aliphatic heterocycles. The lowest BCUT2D eigenvalue weighted by Crippen LogP contribution is -2.24. The van der Waals surface area contributed by atoms with E-state index in [0.29, 0.717) is 29.0 Å². The molecule has 2 aromatic carbocycles. The third-order valence-electron chi connectivity index (χ3n) is 4.94. The Labute approximate surface area is 188 Å². The lowest BCUT2D eigenvalue weighted by atomic mass is 10.2. The van der Waals surface area contributed by atoms with Crippen molar-refractivity contribution < 1.29 is 13.6 Å². The number of aryl methyl sites for hydroxylation is 1. The summed E-state index contributed by atoms with van der Waals surface area (Å²) >= 11 is 1.32. The Bertz CT molecular complexity index is 1320. The van der Waals surface area contributed by atoms with Gasteiger partial charge in [0.2, 0.25) is 11.7 Å². The molecular weight excluding hydrogens is 424 g/mol. The summed E-state index contributed by atoms with van der Waals surface area (Å²) in [5, 5.41) is 13.2. The maximum atomic E-state index is 12.3. The fourth-order valence-electron chi connectivity index (χ4n) is 3.32. The van der Waals surface area contributed by atoms with Gasteiger partial charge in [0.25, 0.3) is 0 Å². The number of thioether (sulfide) groups is 1. The second kappa shape index (κ2) is 8.76. The molecule has 0 spiro atoms. The van der Waals surface area contributed by atoms with Crippen LogP contribution in [-0.2, 0) is 11.3 Å². The molecule has 0 unspecified atom stereocenters. The molecule has 0 bridgehead atoms. The molecule has 1 N–H and O–H groups in total. The van der Waals surface area contributed by atoms with Crippen LogP contribution in [0, 0.1) is 6.92 Å². The number of rotatable bonds is 7. The number of benzene rings is 2. The van der Waals surface area contributed by atoms with Crippen LogP contribution < -0.4 is 5.32 Å². The van der Waals surface area contributed by atoms with Gasteiger partial charge in [0.15, 0.2) is 10.9 Å². The highest BCUT2D eigenvalue weighted by molar-refractivity contribution is 7.99. The summed E-state index contributed by atoms with van der Waals surface area (Å²) in [6.07, 6.45) is 1.58. The van der Waals surface area contributed by atoms with Crippen molar-refractivity contribution in [1.29, 1.82) is 0 Å². The van der Waals surface area contributed by atoms with Gasteiger partial charge in [-0.15, -0.1) is 10.2 Å². The minimum atomic E-state index is -0.116. The van der Waals surface area contributed by atoms with E-state index in [1.807, 2.05) is 72.2 Å². The Morgan fingerprint density at radius 2 is 1.91 bits per heavy atom. The molecule has 0 saturated carbocycles. The van der Waals surface area contributed by atoms with Gasteiger partial charge >= 0.3 is 0 Å². The third kappa shape index (κ3) is 4.17. The van der Waals surface area contributed by atoms with Gasteiger partial charge in [-0.2, -0.15) is 0 Å². The molecule has 3 aromatic heterocycles. The van der Waals surface area contributed by atoms with Gasteiger partial charge in [0.1, 0.15) is 11.3 Å². The summed E-state index contributed by atoms with van der Waals surface area (Å²) in [5.41, 5.74) is 2.83. The first-order valence-corrected chi connectivity index (χ1v) is 11.1. The van der Waals surface area contributed by atoms with E-state index < -0.39 is 0 Å². The van der Waals surface area contributed by atoms with Crippen LogP contribution in [0.5, 0.6) is 0 Å². The van der Waals surface area contributed by atoms with Crippen LogP contribution in [0.25, 0.3) is 28.2 Å². The molecule has 3 heterocycles. The van der Waals surface area contributed by atoms with Crippen molar-refractivity contribution in [2.75, 3.05) is 5.75 Å². The van der Waals surface area contributed by atoms with Crippen LogP contribution in [0.1, 0.15) is 11.3 Å². The molecule has 5 aromatic rings. The highest BCUT2D eigenvalue weighted by Gasteiger charge is 2.20. The fraction of sp³-hybridized carbons (Fsp3) is 0.125. The minimum absolute atomic E-state index is 0.116. The van der Waals surface area contributed by atoms with Crippen LogP contribution in [0.4, 0.5) is 0 Å². The number of hydrogen-bond acceptors (Lipinski definition) is 6. The molecule has 32 heavy (non-hydrogen) atoms. The Morgan fingerprint density at radius 3 is 2.69 bits per heavy atom. The van der Waals surface area contributed by atoms with Gasteiger partial charge in [-0.05, 0) is 43.3 Å². The van der Waals surface area contributed by atoms with E-state index in [1.54, 1.807) is 12.3 Å². The molecule has 160 valence electrons. The summed E-state index contributed by atoms with van der Waals surface area (Å²) in [4.78, 5) is 12.3. The van der Waals surface area contributed by atoms with Crippen LogP contribution >= 0.6 is 11.8 Å². The standard InChI is InChI=1S/C24H20N4O3S/c1-16-8-10-18(11-9-16)28-23(21-13-17-5-2-3-7-20(17)31-21)26-27-24(28)32-15-22(29)25-14-19-6-4-12-30-19/h2-13H,14-15H2,1H3,(H,25,29). The van der Waals surface area contributed by atoms with E-state index >= 15 is 0 Å². The first kappa shape index (κ1) is 20.1. The van der Waals surface area contributed by atoms with E-state index in [-0.39, 0.29) is 11.7 Å². The summed E-state index contributed by atoms with van der Waals surface area (Å²) in [5.74, 6) is 2.00. The lowest BCUT2D eigenvalue weighted by Gasteiger charge is -2.09. The Kier molecular flexibility index (Phi) is 5.51. The van der Waals surface area contributed by atoms with Crippen molar-refractivity contribution in [2.24, 2.45) is 0 Å². The van der Waals surface area contributed by atoms with Gasteiger partial charge in [-0.1, -0.05) is 47.7 Å². The number of para-hydroxylation sites is 1. The Hall–Kier alpha value is -3.78. The zero-order chi connectivity index (χ0) is 21.9. The number of carbonyl (C=O) groups is 1. The van der Waals surface area contributed by atoms with Gasteiger partial charge in [-0.3, -0.25) is 9.36 Å². The number of furan rings is 2. The van der Waals surface area contributed by atoms with Crippen LogP contribution in [0.15, 0.2) is 87.0 Å². The number of nitrogens with zero attached hydrogens (tertiary/aromatic N) is 3. The zero-order valence-electron chi connectivity index (χ0n) is 17.3. The largest absolute Gasteiger partial charge is 0.467 e. The Morgan fingerprint density at radius 1 is 1.06 bits per heavy atom. The van der Waals surface area contributed by atoms with E-state index in [9.17, 15) is 4.79 Å². The number of fused-ring (bicyclic) bond motifs is 1. The summed E-state index contributed by atoms with van der Waals surface area (Å²) in [7, 11) is 0. The lowest BCUT2D eigenvalue weighted by molar-refractivity contribution is -0.118. The molecule has 0 aliphatic rings. The maximum absolute atomic E-state index is 12.3. The van der Waals surface area contributed by atoms with Crippen molar-refractivity contribution in [3.05, 3.63) is 84.3 Å². The number of amides is 1. The number of hydrogen-bond donors (Lipinski definition) is 1. The fourth-order valence-corrected chi connectivity index (χ4v) is 4.10. The maximum Gasteiger partial charge on any atom is 0.230 e. The average Bonchev–Trinajstić information content (AvgIpc) is 3.56. The number of carbonyl (C=O) groups excluding carboxylic acids is 1.